The van der Waals surface area contributed by atoms with Crippen molar-refractivity contribution in [1.82, 2.24) is 9.55 Å². The van der Waals surface area contributed by atoms with Crippen LogP contribution in [0.2, 0.25) is 0 Å². The number of nitrogens with one attached hydrogen (secondary N) is 1. The van der Waals surface area contributed by atoms with Gasteiger partial charge in [-0.25, -0.2) is 9.78 Å². The maximum Gasteiger partial charge on any atom is 0.328 e. The van der Waals surface area contributed by atoms with Crippen LogP contribution in [0.5, 0.6) is 0 Å². The zero-order valence-electron chi connectivity index (χ0n) is 11.4. The van der Waals surface area contributed by atoms with Crippen LogP contribution >= 0.6 is 0 Å². The molecule has 1 fully saturated rings. The van der Waals surface area contributed by atoms with Crippen molar-refractivity contribution in [2.75, 3.05) is 12.4 Å². The lowest BCUT2D eigenvalue weighted by molar-refractivity contribution is -0.142. The second-order valence-corrected chi connectivity index (χ2v) is 5.11. The Morgan fingerprint density at radius 2 is 2.21 bits per heavy atom. The number of anilines is 1. The third-order valence-corrected chi connectivity index (χ3v) is 3.22. The van der Waals surface area contributed by atoms with Gasteiger partial charge in [-0.2, -0.15) is 0 Å². The Hall–Kier alpha value is -1.85. The molecule has 104 valence electrons. The number of nitrogens with zero attached hydrogens (tertiary/aromatic N) is 2. The van der Waals surface area contributed by atoms with Crippen LogP contribution < -0.4 is 10.9 Å². The molecule has 0 amide bonds. The van der Waals surface area contributed by atoms with Crippen molar-refractivity contribution in [2.45, 2.75) is 38.8 Å². The highest BCUT2D eigenvalue weighted by atomic mass is 16.5. The molecule has 0 saturated heterocycles. The van der Waals surface area contributed by atoms with Crippen molar-refractivity contribution in [3.63, 3.8) is 0 Å². The van der Waals surface area contributed by atoms with Crippen LogP contribution in [-0.2, 0) is 9.53 Å². The van der Waals surface area contributed by atoms with Crippen molar-refractivity contribution in [1.29, 1.82) is 0 Å². The van der Waals surface area contributed by atoms with Crippen molar-refractivity contribution in [3.05, 3.63) is 22.7 Å². The van der Waals surface area contributed by atoms with E-state index < -0.39 is 12.0 Å². The number of carbonyl (C=O) groups is 1. The largest absolute Gasteiger partial charge is 0.467 e. The van der Waals surface area contributed by atoms with E-state index in [2.05, 4.69) is 10.3 Å². The summed E-state index contributed by atoms with van der Waals surface area (Å²) in [7, 11) is 1.33. The Morgan fingerprint density at radius 3 is 2.74 bits per heavy atom. The zero-order valence-corrected chi connectivity index (χ0v) is 11.4. The highest BCUT2D eigenvalue weighted by Gasteiger charge is 2.28. The molecule has 6 heteroatoms. The van der Waals surface area contributed by atoms with E-state index in [9.17, 15) is 9.59 Å². The number of rotatable bonds is 5. The van der Waals surface area contributed by atoms with Gasteiger partial charge in [-0.05, 0) is 18.8 Å². The number of carbonyl (C=O) groups excluding carboxylic acids is 1. The van der Waals surface area contributed by atoms with Crippen LogP contribution in [0.15, 0.2) is 17.2 Å². The number of aromatic nitrogens is 2. The molecular formula is C13H19N3O3. The van der Waals surface area contributed by atoms with Crippen LogP contribution in [0.25, 0.3) is 0 Å². The molecule has 19 heavy (non-hydrogen) atoms. The van der Waals surface area contributed by atoms with Crippen molar-refractivity contribution in [2.24, 2.45) is 5.92 Å². The molecule has 0 spiro atoms. The lowest BCUT2D eigenvalue weighted by Crippen LogP contribution is -2.38. The van der Waals surface area contributed by atoms with Gasteiger partial charge in [-0.1, -0.05) is 13.8 Å². The lowest BCUT2D eigenvalue weighted by atomic mass is 10.1. The van der Waals surface area contributed by atoms with Gasteiger partial charge in [0.05, 0.1) is 7.11 Å². The first kappa shape index (κ1) is 13.6. The van der Waals surface area contributed by atoms with E-state index in [0.29, 0.717) is 0 Å². The van der Waals surface area contributed by atoms with E-state index in [-0.39, 0.29) is 23.3 Å². The van der Waals surface area contributed by atoms with Gasteiger partial charge in [-0.15, -0.1) is 0 Å². The number of hydrogen-bond donors (Lipinski definition) is 1. The summed E-state index contributed by atoms with van der Waals surface area (Å²) in [6.07, 6.45) is 5.31. The van der Waals surface area contributed by atoms with Gasteiger partial charge in [-0.3, -0.25) is 4.79 Å². The second-order valence-electron chi connectivity index (χ2n) is 5.11. The highest BCUT2D eigenvalue weighted by molar-refractivity contribution is 5.79. The summed E-state index contributed by atoms with van der Waals surface area (Å²) in [4.78, 5) is 27.9. The molecule has 1 aromatic heterocycles. The quantitative estimate of drug-likeness (QED) is 0.809. The molecule has 0 bridgehead atoms. The summed E-state index contributed by atoms with van der Waals surface area (Å²) in [6, 6.07) is -0.285. The average Bonchev–Trinajstić information content (AvgIpc) is 3.20. The average molecular weight is 265 g/mol. The van der Waals surface area contributed by atoms with Crippen LogP contribution in [0.3, 0.4) is 0 Å². The van der Waals surface area contributed by atoms with Crippen LogP contribution in [0.1, 0.15) is 32.7 Å². The fourth-order valence-corrected chi connectivity index (χ4v) is 1.94. The van der Waals surface area contributed by atoms with E-state index >= 15 is 0 Å². The summed E-state index contributed by atoms with van der Waals surface area (Å²) in [5.41, 5.74) is -0.181. The second kappa shape index (κ2) is 5.42. The molecule has 1 saturated carbocycles. The third kappa shape index (κ3) is 2.94. The molecule has 6 nitrogen and oxygen atoms in total. The number of ether oxygens (including phenoxy) is 1. The van der Waals surface area contributed by atoms with E-state index in [1.807, 2.05) is 13.8 Å². The predicted octanol–water partition coefficient (Wildman–Crippen LogP) is 1.19. The monoisotopic (exact) mass is 265 g/mol. The molecule has 0 aromatic carbocycles. The van der Waals surface area contributed by atoms with E-state index in [1.54, 1.807) is 17.0 Å². The Balaban J connectivity index is 2.24. The van der Waals surface area contributed by atoms with Crippen LogP contribution in [0.4, 0.5) is 5.82 Å². The Labute approximate surface area is 111 Å². The smallest absolute Gasteiger partial charge is 0.328 e. The summed E-state index contributed by atoms with van der Waals surface area (Å²) in [5.74, 6) is -0.181. The first-order valence-electron chi connectivity index (χ1n) is 6.46. The topological polar surface area (TPSA) is 73.2 Å². The molecule has 2 rings (SSSR count). The van der Waals surface area contributed by atoms with Gasteiger partial charge in [0.2, 0.25) is 0 Å². The molecule has 1 aromatic rings. The predicted molar refractivity (Wildman–Crippen MR) is 71.0 cm³/mol. The summed E-state index contributed by atoms with van der Waals surface area (Å²) >= 11 is 0. The molecule has 1 atom stereocenters. The van der Waals surface area contributed by atoms with Gasteiger partial charge < -0.3 is 14.6 Å². The summed E-state index contributed by atoms with van der Waals surface area (Å²) in [6.45, 7) is 3.77. The fourth-order valence-electron chi connectivity index (χ4n) is 1.94. The molecule has 1 aliphatic carbocycles. The first-order valence-corrected chi connectivity index (χ1v) is 6.46. The molecular weight excluding hydrogens is 246 g/mol. The highest BCUT2D eigenvalue weighted by Crippen LogP contribution is 2.33. The fraction of sp³-hybridized carbons (Fsp3) is 0.615. The summed E-state index contributed by atoms with van der Waals surface area (Å²) in [5, 5.41) is 2.90. The van der Waals surface area contributed by atoms with E-state index in [1.165, 1.54) is 7.11 Å². The van der Waals surface area contributed by atoms with Crippen molar-refractivity contribution < 1.29 is 9.53 Å². The van der Waals surface area contributed by atoms with Crippen LogP contribution in [-0.4, -0.2) is 28.7 Å². The molecule has 0 radical (unpaired) electrons. The first-order chi connectivity index (χ1) is 9.04. The molecule has 1 N–H and O–H groups in total. The molecule has 0 aliphatic heterocycles. The summed E-state index contributed by atoms with van der Waals surface area (Å²) < 4.78 is 6.41. The maximum atomic E-state index is 12.2. The number of methoxy groups -OCH3 is 1. The molecule has 1 aliphatic rings. The minimum atomic E-state index is -0.569. The van der Waals surface area contributed by atoms with Crippen LogP contribution in [0, 0.1) is 5.92 Å². The standard InChI is InChI=1S/C13H19N3O3/c1-8(2)10(13(18)19-3)15-11-12(17)16(7-6-14-11)9-4-5-9/h6-10H,4-5H2,1-3H3,(H,14,15). The number of hydrogen-bond acceptors (Lipinski definition) is 5. The third-order valence-electron chi connectivity index (χ3n) is 3.22. The SMILES string of the molecule is COC(=O)C(Nc1nccn(C2CC2)c1=O)C(C)C. The zero-order chi connectivity index (χ0) is 14.0. The maximum absolute atomic E-state index is 12.2. The number of esters is 1. The minimum Gasteiger partial charge on any atom is -0.467 e. The van der Waals surface area contributed by atoms with Gasteiger partial charge in [0.25, 0.3) is 5.56 Å². The molecule has 1 heterocycles. The lowest BCUT2D eigenvalue weighted by Gasteiger charge is -2.20. The minimum absolute atomic E-state index is 0.00299. The molecule has 1 unspecified atom stereocenters. The van der Waals surface area contributed by atoms with Crippen molar-refractivity contribution in [3.8, 4) is 0 Å². The van der Waals surface area contributed by atoms with Gasteiger partial charge >= 0.3 is 5.97 Å². The van der Waals surface area contributed by atoms with Crippen molar-refractivity contribution >= 4 is 11.8 Å². The normalized spacial score (nSPS) is 16.2. The Kier molecular flexibility index (Phi) is 3.87. The van der Waals surface area contributed by atoms with Gasteiger partial charge in [0, 0.05) is 18.4 Å². The Bertz CT molecular complexity index is 520. The van der Waals surface area contributed by atoms with E-state index in [4.69, 9.17) is 4.74 Å². The Morgan fingerprint density at radius 1 is 1.53 bits per heavy atom. The van der Waals surface area contributed by atoms with Gasteiger partial charge in [0.15, 0.2) is 5.82 Å². The van der Waals surface area contributed by atoms with Gasteiger partial charge in [0.1, 0.15) is 6.04 Å². The van der Waals surface area contributed by atoms with E-state index in [0.717, 1.165) is 12.8 Å².